The Bertz CT molecular complexity index is 915. The molecule has 1 N–H and O–H groups in total. The number of sulfonamides is 1. The SMILES string of the molecule is COc1cccc(NC(=S)N2CCN(S(=O)(=O)c3c(C)noc3C)CC2)c1. The third-order valence-corrected chi connectivity index (χ3v) is 6.92. The molecule has 1 aliphatic rings. The van der Waals surface area contributed by atoms with E-state index in [9.17, 15) is 8.42 Å². The molecular formula is C17H22N4O4S2. The number of piperazine rings is 1. The van der Waals surface area contributed by atoms with Gasteiger partial charge >= 0.3 is 0 Å². The van der Waals surface area contributed by atoms with Crippen molar-refractivity contribution in [1.82, 2.24) is 14.4 Å². The average molecular weight is 411 g/mol. The zero-order chi connectivity index (χ0) is 19.6. The van der Waals surface area contributed by atoms with Crippen molar-refractivity contribution >= 4 is 33.0 Å². The van der Waals surface area contributed by atoms with Crippen LogP contribution in [0, 0.1) is 13.8 Å². The Morgan fingerprint density at radius 2 is 1.96 bits per heavy atom. The molecule has 27 heavy (non-hydrogen) atoms. The molecule has 0 spiro atoms. The minimum Gasteiger partial charge on any atom is -0.497 e. The van der Waals surface area contributed by atoms with Crippen molar-refractivity contribution in [2.24, 2.45) is 0 Å². The van der Waals surface area contributed by atoms with Gasteiger partial charge in [0, 0.05) is 37.9 Å². The number of ether oxygens (including phenoxy) is 1. The molecule has 0 radical (unpaired) electrons. The second-order valence-electron chi connectivity index (χ2n) is 6.21. The number of nitrogens with one attached hydrogen (secondary N) is 1. The van der Waals surface area contributed by atoms with Crippen LogP contribution in [-0.2, 0) is 10.0 Å². The van der Waals surface area contributed by atoms with E-state index in [1.165, 1.54) is 4.31 Å². The van der Waals surface area contributed by atoms with Gasteiger partial charge in [-0.15, -0.1) is 0 Å². The van der Waals surface area contributed by atoms with Crippen molar-refractivity contribution in [1.29, 1.82) is 0 Å². The third kappa shape index (κ3) is 4.07. The number of anilines is 1. The summed E-state index contributed by atoms with van der Waals surface area (Å²) in [6.07, 6.45) is 0. The fourth-order valence-corrected chi connectivity index (χ4v) is 5.02. The van der Waals surface area contributed by atoms with Crippen molar-refractivity contribution in [3.63, 3.8) is 0 Å². The Morgan fingerprint density at radius 1 is 1.26 bits per heavy atom. The second-order valence-corrected chi connectivity index (χ2v) is 8.47. The van der Waals surface area contributed by atoms with Gasteiger partial charge in [-0.25, -0.2) is 8.42 Å². The van der Waals surface area contributed by atoms with Crippen LogP contribution in [0.2, 0.25) is 0 Å². The van der Waals surface area contributed by atoms with E-state index >= 15 is 0 Å². The monoisotopic (exact) mass is 410 g/mol. The van der Waals surface area contributed by atoms with Gasteiger partial charge in [-0.2, -0.15) is 4.31 Å². The molecule has 0 amide bonds. The Labute approximate surface area is 164 Å². The molecule has 2 heterocycles. The van der Waals surface area contributed by atoms with Gasteiger partial charge < -0.3 is 19.5 Å². The van der Waals surface area contributed by atoms with Crippen molar-refractivity contribution in [2.75, 3.05) is 38.6 Å². The van der Waals surface area contributed by atoms with Gasteiger partial charge in [-0.05, 0) is 38.2 Å². The Balaban J connectivity index is 1.64. The summed E-state index contributed by atoms with van der Waals surface area (Å²) >= 11 is 5.47. The molecular weight excluding hydrogens is 388 g/mol. The molecule has 0 unspecified atom stereocenters. The lowest BCUT2D eigenvalue weighted by atomic mass is 10.3. The highest BCUT2D eigenvalue weighted by atomic mass is 32.2. The van der Waals surface area contributed by atoms with Crippen LogP contribution in [0.3, 0.4) is 0 Å². The molecule has 1 aromatic heterocycles. The molecule has 146 valence electrons. The van der Waals surface area contributed by atoms with Crippen LogP contribution >= 0.6 is 12.2 Å². The van der Waals surface area contributed by atoms with Crippen LogP contribution in [-0.4, -0.2) is 61.2 Å². The van der Waals surface area contributed by atoms with Crippen LogP contribution in [0.25, 0.3) is 0 Å². The van der Waals surface area contributed by atoms with Crippen LogP contribution in [0.15, 0.2) is 33.7 Å². The number of methoxy groups -OCH3 is 1. The lowest BCUT2D eigenvalue weighted by molar-refractivity contribution is 0.268. The van der Waals surface area contributed by atoms with E-state index in [1.807, 2.05) is 29.2 Å². The molecule has 1 fully saturated rings. The number of nitrogens with zero attached hydrogens (tertiary/aromatic N) is 3. The lowest BCUT2D eigenvalue weighted by Crippen LogP contribution is -2.51. The summed E-state index contributed by atoms with van der Waals surface area (Å²) in [4.78, 5) is 2.11. The van der Waals surface area contributed by atoms with Crippen molar-refractivity contribution < 1.29 is 17.7 Å². The molecule has 1 aromatic carbocycles. The maximum Gasteiger partial charge on any atom is 0.248 e. The molecule has 0 saturated carbocycles. The van der Waals surface area contributed by atoms with Crippen LogP contribution in [0.1, 0.15) is 11.5 Å². The number of thiocarbonyl (C=S) groups is 1. The van der Waals surface area contributed by atoms with Crippen LogP contribution in [0.5, 0.6) is 5.75 Å². The predicted octanol–water partition coefficient (Wildman–Crippen LogP) is 2.00. The van der Waals surface area contributed by atoms with Gasteiger partial charge in [-0.3, -0.25) is 0 Å². The molecule has 0 aliphatic carbocycles. The van der Waals surface area contributed by atoms with Crippen molar-refractivity contribution in [2.45, 2.75) is 18.7 Å². The highest BCUT2D eigenvalue weighted by Gasteiger charge is 2.33. The number of hydrogen-bond donors (Lipinski definition) is 1. The normalized spacial score (nSPS) is 15.6. The Hall–Kier alpha value is -2.17. The molecule has 8 nitrogen and oxygen atoms in total. The van der Waals surface area contributed by atoms with Gasteiger partial charge in [-0.1, -0.05) is 11.2 Å². The maximum atomic E-state index is 12.9. The highest BCUT2D eigenvalue weighted by molar-refractivity contribution is 7.89. The number of aryl methyl sites for hydroxylation is 2. The maximum absolute atomic E-state index is 12.9. The summed E-state index contributed by atoms with van der Waals surface area (Å²) in [6, 6.07) is 7.47. The van der Waals surface area contributed by atoms with E-state index in [0.717, 1.165) is 11.4 Å². The quantitative estimate of drug-likeness (QED) is 0.766. The zero-order valence-electron chi connectivity index (χ0n) is 15.4. The van der Waals surface area contributed by atoms with E-state index < -0.39 is 10.0 Å². The zero-order valence-corrected chi connectivity index (χ0v) is 17.1. The van der Waals surface area contributed by atoms with Crippen molar-refractivity contribution in [3.8, 4) is 5.75 Å². The Morgan fingerprint density at radius 3 is 2.56 bits per heavy atom. The van der Waals surface area contributed by atoms with E-state index in [4.69, 9.17) is 21.5 Å². The number of benzene rings is 1. The standard InChI is InChI=1S/C17H22N4O4S2/c1-12-16(13(2)25-19-12)27(22,23)21-9-7-20(8-10-21)17(26)18-14-5-4-6-15(11-14)24-3/h4-6,11H,7-10H2,1-3H3,(H,18,26). The molecule has 10 heteroatoms. The fraction of sp³-hybridized carbons (Fsp3) is 0.412. The third-order valence-electron chi connectivity index (χ3n) is 4.41. The van der Waals surface area contributed by atoms with Gasteiger partial charge in [0.05, 0.1) is 7.11 Å². The first-order valence-electron chi connectivity index (χ1n) is 8.46. The Kier molecular flexibility index (Phi) is 5.68. The van der Waals surface area contributed by atoms with Gasteiger partial charge in [0.1, 0.15) is 16.3 Å². The first-order chi connectivity index (χ1) is 12.8. The number of rotatable bonds is 4. The molecule has 3 rings (SSSR count). The first-order valence-corrected chi connectivity index (χ1v) is 10.3. The minimum absolute atomic E-state index is 0.160. The largest absolute Gasteiger partial charge is 0.497 e. The summed E-state index contributed by atoms with van der Waals surface area (Å²) in [7, 11) is -2.02. The summed E-state index contributed by atoms with van der Waals surface area (Å²) in [5.41, 5.74) is 1.20. The molecule has 1 saturated heterocycles. The van der Waals surface area contributed by atoms with Gasteiger partial charge in [0.25, 0.3) is 0 Å². The summed E-state index contributed by atoms with van der Waals surface area (Å²) in [5, 5.41) is 7.47. The topological polar surface area (TPSA) is 87.9 Å². The summed E-state index contributed by atoms with van der Waals surface area (Å²) in [5.74, 6) is 1.04. The molecule has 0 bridgehead atoms. The van der Waals surface area contributed by atoms with Crippen LogP contribution in [0.4, 0.5) is 5.69 Å². The molecule has 1 aliphatic heterocycles. The molecule has 0 atom stereocenters. The summed E-state index contributed by atoms with van der Waals surface area (Å²) < 4.78 is 37.4. The smallest absolute Gasteiger partial charge is 0.248 e. The number of aromatic nitrogens is 1. The number of hydrogen-bond acceptors (Lipinski definition) is 6. The van der Waals surface area contributed by atoms with Gasteiger partial charge in [0.15, 0.2) is 10.9 Å². The van der Waals surface area contributed by atoms with Crippen LogP contribution < -0.4 is 10.1 Å². The average Bonchev–Trinajstić information content (AvgIpc) is 3.01. The van der Waals surface area contributed by atoms with E-state index in [1.54, 1.807) is 21.0 Å². The molecule has 2 aromatic rings. The second kappa shape index (κ2) is 7.83. The first kappa shape index (κ1) is 19.6. The summed E-state index contributed by atoms with van der Waals surface area (Å²) in [6.45, 7) is 4.92. The lowest BCUT2D eigenvalue weighted by Gasteiger charge is -2.35. The van der Waals surface area contributed by atoms with E-state index in [-0.39, 0.29) is 4.90 Å². The van der Waals surface area contributed by atoms with E-state index in [2.05, 4.69) is 10.5 Å². The minimum atomic E-state index is -3.63. The van der Waals surface area contributed by atoms with Gasteiger partial charge in [0.2, 0.25) is 10.0 Å². The fourth-order valence-electron chi connectivity index (χ4n) is 3.01. The van der Waals surface area contributed by atoms with E-state index in [0.29, 0.717) is 42.7 Å². The highest BCUT2D eigenvalue weighted by Crippen LogP contribution is 2.24. The van der Waals surface area contributed by atoms with Crippen molar-refractivity contribution in [3.05, 3.63) is 35.7 Å². The predicted molar refractivity (Wildman–Crippen MR) is 106 cm³/mol.